The largest absolute Gasteiger partial charge is 0.496 e. The summed E-state index contributed by atoms with van der Waals surface area (Å²) in [7, 11) is 1.64. The van der Waals surface area contributed by atoms with Crippen molar-refractivity contribution in [1.29, 1.82) is 0 Å². The average molecular weight is 384 g/mol. The lowest BCUT2D eigenvalue weighted by Crippen LogP contribution is -2.51. The zero-order valence-corrected chi connectivity index (χ0v) is 16.0. The van der Waals surface area contributed by atoms with Crippen LogP contribution in [0.2, 0.25) is 0 Å². The number of rotatable bonds is 3. The molecule has 3 aromatic carbocycles. The molecule has 0 aliphatic carbocycles. The summed E-state index contributed by atoms with van der Waals surface area (Å²) in [4.78, 5) is 13.9. The van der Waals surface area contributed by atoms with Crippen molar-refractivity contribution < 1.29 is 14.3 Å². The number of fused-ring (bicyclic) bond motifs is 1. The van der Waals surface area contributed by atoms with Crippen molar-refractivity contribution in [3.05, 3.63) is 95.6 Å². The van der Waals surface area contributed by atoms with Crippen molar-refractivity contribution in [3.8, 4) is 11.5 Å². The van der Waals surface area contributed by atoms with Gasteiger partial charge in [0.2, 0.25) is 5.78 Å². The van der Waals surface area contributed by atoms with E-state index in [1.165, 1.54) is 0 Å². The lowest BCUT2D eigenvalue weighted by Gasteiger charge is -2.41. The first kappa shape index (κ1) is 17.6. The second-order valence-corrected chi connectivity index (χ2v) is 7.28. The van der Waals surface area contributed by atoms with Crippen LogP contribution in [-0.4, -0.2) is 25.0 Å². The van der Waals surface area contributed by atoms with Crippen LogP contribution in [0.15, 0.2) is 89.1 Å². The molecule has 5 heteroatoms. The van der Waals surface area contributed by atoms with Gasteiger partial charge in [0.15, 0.2) is 11.6 Å². The Morgan fingerprint density at radius 2 is 1.69 bits per heavy atom. The molecule has 29 heavy (non-hydrogen) atoms. The van der Waals surface area contributed by atoms with E-state index in [1.807, 2.05) is 72.8 Å². The smallest absolute Gasteiger partial charge is 0.200 e. The summed E-state index contributed by atoms with van der Waals surface area (Å²) >= 11 is 0. The van der Waals surface area contributed by atoms with Crippen LogP contribution in [0.3, 0.4) is 0 Å². The van der Waals surface area contributed by atoms with Crippen molar-refractivity contribution >= 4 is 5.78 Å². The molecule has 1 spiro atoms. The topological polar surface area (TPSA) is 60.2 Å². The number of hydrogen-bond donors (Lipinski definition) is 0. The Morgan fingerprint density at radius 3 is 2.52 bits per heavy atom. The van der Waals surface area contributed by atoms with Gasteiger partial charge in [0, 0.05) is 11.5 Å². The van der Waals surface area contributed by atoms with Gasteiger partial charge >= 0.3 is 0 Å². The summed E-state index contributed by atoms with van der Waals surface area (Å²) in [5.74, 6) is 0.954. The van der Waals surface area contributed by atoms with E-state index < -0.39 is 11.6 Å². The molecule has 0 radical (unpaired) electrons. The second-order valence-electron chi connectivity index (χ2n) is 7.28. The van der Waals surface area contributed by atoms with E-state index in [1.54, 1.807) is 13.2 Å². The van der Waals surface area contributed by atoms with Crippen LogP contribution in [0.4, 0.5) is 0 Å². The number of benzene rings is 3. The van der Waals surface area contributed by atoms with E-state index in [-0.39, 0.29) is 11.7 Å². The third kappa shape index (κ3) is 2.58. The number of carbonyl (C=O) groups is 1. The monoisotopic (exact) mass is 384 g/mol. The minimum Gasteiger partial charge on any atom is -0.496 e. The number of carbonyl (C=O) groups excluding carboxylic acids is 1. The molecule has 144 valence electrons. The summed E-state index contributed by atoms with van der Waals surface area (Å²) in [5.41, 5.74) is 1.18. The molecule has 5 rings (SSSR count). The number of hydrogen-bond acceptors (Lipinski definition) is 5. The Kier molecular flexibility index (Phi) is 4.16. The highest BCUT2D eigenvalue weighted by Crippen LogP contribution is 2.54. The Morgan fingerprint density at radius 1 is 0.966 bits per heavy atom. The Hall–Kier alpha value is -3.47. The maximum absolute atomic E-state index is 13.9. The summed E-state index contributed by atoms with van der Waals surface area (Å²) in [6, 6.07) is 24.9. The second kappa shape index (κ2) is 6.85. The number of ketones is 1. The molecule has 0 fully saturated rings. The zero-order chi connectivity index (χ0) is 19.8. The van der Waals surface area contributed by atoms with Crippen LogP contribution in [0, 0.1) is 0 Å². The van der Waals surface area contributed by atoms with E-state index in [4.69, 9.17) is 9.47 Å². The first-order valence-electron chi connectivity index (χ1n) is 9.62. The molecule has 0 saturated carbocycles. The Labute approximate surface area is 169 Å². The highest BCUT2D eigenvalue weighted by Gasteiger charge is 2.60. The summed E-state index contributed by atoms with van der Waals surface area (Å²) in [6.45, 7) is 0.404. The van der Waals surface area contributed by atoms with Crippen LogP contribution in [0.5, 0.6) is 11.5 Å². The van der Waals surface area contributed by atoms with Gasteiger partial charge in [0.1, 0.15) is 11.5 Å². The molecule has 2 aliphatic heterocycles. The summed E-state index contributed by atoms with van der Waals surface area (Å²) in [5, 5.41) is 8.95. The van der Waals surface area contributed by atoms with E-state index in [2.05, 4.69) is 10.2 Å². The highest BCUT2D eigenvalue weighted by atomic mass is 16.5. The predicted molar refractivity (Wildman–Crippen MR) is 109 cm³/mol. The first-order valence-corrected chi connectivity index (χ1v) is 9.62. The van der Waals surface area contributed by atoms with Crippen molar-refractivity contribution in [2.24, 2.45) is 10.2 Å². The number of ether oxygens (including phenoxy) is 2. The Balaban J connectivity index is 1.74. The van der Waals surface area contributed by atoms with Crippen LogP contribution < -0.4 is 9.47 Å². The number of nitrogens with zero attached hydrogens (tertiary/aromatic N) is 2. The summed E-state index contributed by atoms with van der Waals surface area (Å²) in [6.07, 6.45) is -0.577. The van der Waals surface area contributed by atoms with Crippen LogP contribution in [-0.2, 0) is 0 Å². The molecule has 3 aromatic rings. The van der Waals surface area contributed by atoms with Gasteiger partial charge in [-0.05, 0) is 23.8 Å². The minimum atomic E-state index is -1.18. The molecule has 3 atom stereocenters. The van der Waals surface area contributed by atoms with Crippen molar-refractivity contribution in [1.82, 2.24) is 0 Å². The van der Waals surface area contributed by atoms with E-state index >= 15 is 0 Å². The van der Waals surface area contributed by atoms with Gasteiger partial charge in [0.05, 0.1) is 19.2 Å². The van der Waals surface area contributed by atoms with E-state index in [0.717, 1.165) is 16.9 Å². The van der Waals surface area contributed by atoms with Gasteiger partial charge in [-0.2, -0.15) is 10.2 Å². The molecule has 0 N–H and O–H groups in total. The number of para-hydroxylation sites is 2. The predicted octanol–water partition coefficient (Wildman–Crippen LogP) is 5.00. The third-order valence-electron chi connectivity index (χ3n) is 5.79. The third-order valence-corrected chi connectivity index (χ3v) is 5.79. The maximum Gasteiger partial charge on any atom is 0.200 e. The van der Waals surface area contributed by atoms with Crippen LogP contribution in [0.1, 0.15) is 33.5 Å². The van der Waals surface area contributed by atoms with Crippen molar-refractivity contribution in [2.45, 2.75) is 17.6 Å². The first-order chi connectivity index (χ1) is 14.3. The van der Waals surface area contributed by atoms with E-state index in [9.17, 15) is 4.79 Å². The average Bonchev–Trinajstić information content (AvgIpc) is 3.22. The van der Waals surface area contributed by atoms with Gasteiger partial charge in [-0.3, -0.25) is 4.79 Å². The molecule has 0 aromatic heterocycles. The molecule has 2 heterocycles. The van der Waals surface area contributed by atoms with Gasteiger partial charge in [-0.25, -0.2) is 0 Å². The van der Waals surface area contributed by atoms with Gasteiger partial charge in [-0.15, -0.1) is 0 Å². The van der Waals surface area contributed by atoms with Crippen molar-refractivity contribution in [3.63, 3.8) is 0 Å². The zero-order valence-electron chi connectivity index (χ0n) is 16.0. The Bertz CT molecular complexity index is 1100. The molecule has 0 bridgehead atoms. The lowest BCUT2D eigenvalue weighted by atomic mass is 9.69. The number of methoxy groups -OCH3 is 1. The minimum absolute atomic E-state index is 0.0645. The molecular weight excluding hydrogens is 364 g/mol. The van der Waals surface area contributed by atoms with Gasteiger partial charge in [0.25, 0.3) is 0 Å². The lowest BCUT2D eigenvalue weighted by molar-refractivity contribution is 0.0520. The quantitative estimate of drug-likeness (QED) is 0.638. The number of Topliss-reactive ketones (excluding diaryl/α,β-unsaturated/α-hetero) is 1. The standard InChI is InChI=1S/C24H20N2O3/c1-28-20-13-7-5-11-17(20)19-15-25-26-24(19)22(27)18-12-6-8-14-21(18)29-23(24)16-9-3-2-4-10-16/h2-14,19,23H,15H2,1H3/t19-,23-,24+/m0/s1. The maximum atomic E-state index is 13.9. The SMILES string of the molecule is COc1ccccc1[C@@H]1CN=N[C@@]12C(=O)c1ccccc1O[C@H]2c1ccccc1. The summed E-state index contributed by atoms with van der Waals surface area (Å²) < 4.78 is 12.0. The fraction of sp³-hybridized carbons (Fsp3) is 0.208. The molecular formula is C24H20N2O3. The van der Waals surface area contributed by atoms with Crippen LogP contribution in [0.25, 0.3) is 0 Å². The van der Waals surface area contributed by atoms with E-state index in [0.29, 0.717) is 17.9 Å². The van der Waals surface area contributed by atoms with Gasteiger partial charge in [-0.1, -0.05) is 60.7 Å². The van der Waals surface area contributed by atoms with Gasteiger partial charge < -0.3 is 9.47 Å². The fourth-order valence-electron chi connectivity index (χ4n) is 4.44. The fourth-order valence-corrected chi connectivity index (χ4v) is 4.44. The molecule has 0 unspecified atom stereocenters. The molecule has 0 saturated heterocycles. The van der Waals surface area contributed by atoms with Crippen molar-refractivity contribution in [2.75, 3.05) is 13.7 Å². The molecule has 2 aliphatic rings. The highest BCUT2D eigenvalue weighted by molar-refractivity contribution is 6.08. The number of azo groups is 1. The molecule has 5 nitrogen and oxygen atoms in total. The molecule has 0 amide bonds. The van der Waals surface area contributed by atoms with Crippen LogP contribution >= 0.6 is 0 Å². The normalized spacial score (nSPS) is 24.9.